The normalized spacial score (nSPS) is 11.0. The molecule has 0 spiro atoms. The molecule has 0 unspecified atom stereocenters. The summed E-state index contributed by atoms with van der Waals surface area (Å²) >= 11 is 0. The Labute approximate surface area is 150 Å². The lowest BCUT2D eigenvalue weighted by atomic mass is 9.95. The fraction of sp³-hybridized carbons (Fsp3) is 0.429. The Bertz CT molecular complexity index is 661. The largest absolute Gasteiger partial charge is 0.507 e. The molecule has 0 aliphatic heterocycles. The lowest BCUT2D eigenvalue weighted by Gasteiger charge is -2.14. The first-order chi connectivity index (χ1) is 12.0. The highest BCUT2D eigenvalue weighted by Crippen LogP contribution is 2.30. The Balaban J connectivity index is 2.41. The van der Waals surface area contributed by atoms with Gasteiger partial charge in [0.15, 0.2) is 0 Å². The molecule has 136 valence electrons. The number of aryl methyl sites for hydroxylation is 2. The summed E-state index contributed by atoms with van der Waals surface area (Å²) in [5.74, 6) is 0.654. The van der Waals surface area contributed by atoms with Crippen LogP contribution in [-0.2, 0) is 41.9 Å². The summed E-state index contributed by atoms with van der Waals surface area (Å²) in [6.07, 6.45) is 2.26. The van der Waals surface area contributed by atoms with E-state index in [1.807, 2.05) is 38.1 Å². The van der Waals surface area contributed by atoms with Gasteiger partial charge in [-0.2, -0.15) is 0 Å². The Morgan fingerprint density at radius 3 is 1.36 bits per heavy atom. The van der Waals surface area contributed by atoms with E-state index in [-0.39, 0.29) is 0 Å². The van der Waals surface area contributed by atoms with Crippen molar-refractivity contribution in [2.24, 2.45) is 0 Å². The van der Waals surface area contributed by atoms with Crippen LogP contribution in [0.3, 0.4) is 0 Å². The fourth-order valence-corrected chi connectivity index (χ4v) is 3.17. The van der Waals surface area contributed by atoms with Crippen LogP contribution in [0.25, 0.3) is 0 Å². The van der Waals surface area contributed by atoms with Gasteiger partial charge in [0, 0.05) is 25.3 Å². The Kier molecular flexibility index (Phi) is 6.85. The van der Waals surface area contributed by atoms with Crippen molar-refractivity contribution < 1.29 is 19.7 Å². The van der Waals surface area contributed by atoms with Crippen LogP contribution in [-0.4, -0.2) is 24.4 Å². The standard InChI is InChI=1S/C21H28O4/c1-5-16-8-14(10-18(12-24-3)20(16)22)7-15-9-17(6-2)21(23)19(11-15)13-25-4/h8-11,22-23H,5-7,12-13H2,1-4H3. The summed E-state index contributed by atoms with van der Waals surface area (Å²) in [5, 5.41) is 20.6. The summed E-state index contributed by atoms with van der Waals surface area (Å²) in [5.41, 5.74) is 5.72. The maximum absolute atomic E-state index is 10.3. The van der Waals surface area contributed by atoms with Crippen LogP contribution >= 0.6 is 0 Å². The van der Waals surface area contributed by atoms with E-state index in [0.717, 1.165) is 52.6 Å². The number of benzene rings is 2. The molecule has 2 rings (SSSR count). The second kappa shape index (κ2) is 8.88. The molecule has 2 aromatic carbocycles. The van der Waals surface area contributed by atoms with Crippen LogP contribution in [0, 0.1) is 0 Å². The van der Waals surface area contributed by atoms with Gasteiger partial charge in [-0.3, -0.25) is 0 Å². The lowest BCUT2D eigenvalue weighted by Crippen LogP contribution is -2.00. The van der Waals surface area contributed by atoms with Gasteiger partial charge in [0.2, 0.25) is 0 Å². The van der Waals surface area contributed by atoms with Crippen LogP contribution in [0.4, 0.5) is 0 Å². The summed E-state index contributed by atoms with van der Waals surface area (Å²) < 4.78 is 10.4. The number of phenolic OH excluding ortho intramolecular Hbond substituents is 2. The van der Waals surface area contributed by atoms with Gasteiger partial charge in [-0.1, -0.05) is 26.0 Å². The molecule has 25 heavy (non-hydrogen) atoms. The zero-order chi connectivity index (χ0) is 18.4. The van der Waals surface area contributed by atoms with Gasteiger partial charge in [0.1, 0.15) is 11.5 Å². The van der Waals surface area contributed by atoms with Crippen LogP contribution in [0.5, 0.6) is 11.5 Å². The topological polar surface area (TPSA) is 58.9 Å². The predicted molar refractivity (Wildman–Crippen MR) is 99.2 cm³/mol. The van der Waals surface area contributed by atoms with Crippen molar-refractivity contribution in [3.05, 3.63) is 57.6 Å². The highest BCUT2D eigenvalue weighted by atomic mass is 16.5. The quantitative estimate of drug-likeness (QED) is 0.757. The number of aromatic hydroxyl groups is 2. The summed E-state index contributed by atoms with van der Waals surface area (Å²) in [7, 11) is 3.25. The van der Waals surface area contributed by atoms with E-state index in [2.05, 4.69) is 0 Å². The first kappa shape index (κ1) is 19.3. The SMILES string of the molecule is CCc1cc(Cc2cc(CC)c(O)c(COC)c2)cc(COC)c1O. The van der Waals surface area contributed by atoms with Gasteiger partial charge in [-0.15, -0.1) is 0 Å². The van der Waals surface area contributed by atoms with Crippen LogP contribution in [0.1, 0.15) is 47.2 Å². The van der Waals surface area contributed by atoms with Crippen LogP contribution < -0.4 is 0 Å². The highest BCUT2D eigenvalue weighted by molar-refractivity contribution is 5.48. The second-order valence-corrected chi connectivity index (χ2v) is 6.28. The van der Waals surface area contributed by atoms with E-state index in [1.54, 1.807) is 14.2 Å². The molecule has 0 aromatic heterocycles. The van der Waals surface area contributed by atoms with Gasteiger partial charge in [0.25, 0.3) is 0 Å². The molecule has 2 aromatic rings. The van der Waals surface area contributed by atoms with E-state index in [9.17, 15) is 10.2 Å². The third-order valence-corrected chi connectivity index (χ3v) is 4.42. The zero-order valence-electron chi connectivity index (χ0n) is 15.6. The number of hydrogen-bond donors (Lipinski definition) is 2. The Morgan fingerprint density at radius 1 is 0.680 bits per heavy atom. The van der Waals surface area contributed by atoms with Crippen molar-refractivity contribution in [2.75, 3.05) is 14.2 Å². The summed E-state index contributed by atoms with van der Waals surface area (Å²) in [6.45, 7) is 4.83. The number of rotatable bonds is 8. The van der Waals surface area contributed by atoms with Crippen molar-refractivity contribution in [3.63, 3.8) is 0 Å². The third-order valence-electron chi connectivity index (χ3n) is 4.42. The summed E-state index contributed by atoms with van der Waals surface area (Å²) in [6, 6.07) is 8.07. The lowest BCUT2D eigenvalue weighted by molar-refractivity contribution is 0.181. The molecule has 0 saturated heterocycles. The van der Waals surface area contributed by atoms with Crippen LogP contribution in [0.15, 0.2) is 24.3 Å². The zero-order valence-corrected chi connectivity index (χ0v) is 15.6. The number of phenols is 2. The van der Waals surface area contributed by atoms with Crippen molar-refractivity contribution >= 4 is 0 Å². The van der Waals surface area contributed by atoms with Gasteiger partial charge in [-0.25, -0.2) is 0 Å². The second-order valence-electron chi connectivity index (χ2n) is 6.28. The van der Waals surface area contributed by atoms with Crippen LogP contribution in [0.2, 0.25) is 0 Å². The fourth-order valence-electron chi connectivity index (χ4n) is 3.17. The predicted octanol–water partition coefficient (Wildman–Crippen LogP) is 4.11. The molecule has 4 heteroatoms. The average Bonchev–Trinajstić information content (AvgIpc) is 2.60. The molecular formula is C21H28O4. The van der Waals surface area contributed by atoms with E-state index >= 15 is 0 Å². The summed E-state index contributed by atoms with van der Waals surface area (Å²) in [4.78, 5) is 0. The first-order valence-corrected chi connectivity index (χ1v) is 8.69. The van der Waals surface area contributed by atoms with E-state index in [1.165, 1.54) is 0 Å². The highest BCUT2D eigenvalue weighted by Gasteiger charge is 2.12. The van der Waals surface area contributed by atoms with Crippen molar-refractivity contribution in [1.29, 1.82) is 0 Å². The van der Waals surface area contributed by atoms with E-state index in [4.69, 9.17) is 9.47 Å². The molecule has 0 amide bonds. The molecule has 0 bridgehead atoms. The van der Waals surface area contributed by atoms with Gasteiger partial charge in [-0.05, 0) is 53.6 Å². The van der Waals surface area contributed by atoms with Gasteiger partial charge in [0.05, 0.1) is 13.2 Å². The molecule has 0 fully saturated rings. The number of methoxy groups -OCH3 is 2. The molecule has 4 nitrogen and oxygen atoms in total. The molecule has 0 aliphatic rings. The van der Waals surface area contributed by atoms with E-state index < -0.39 is 0 Å². The van der Waals surface area contributed by atoms with Gasteiger partial charge >= 0.3 is 0 Å². The minimum Gasteiger partial charge on any atom is -0.507 e. The molecule has 0 atom stereocenters. The minimum atomic E-state index is 0.327. The molecule has 0 saturated carbocycles. The molecular weight excluding hydrogens is 316 g/mol. The molecule has 0 aliphatic carbocycles. The third kappa shape index (κ3) is 4.53. The maximum atomic E-state index is 10.3. The van der Waals surface area contributed by atoms with Gasteiger partial charge < -0.3 is 19.7 Å². The number of hydrogen-bond acceptors (Lipinski definition) is 4. The van der Waals surface area contributed by atoms with Crippen molar-refractivity contribution in [2.45, 2.75) is 46.3 Å². The molecule has 0 radical (unpaired) electrons. The maximum Gasteiger partial charge on any atom is 0.124 e. The molecule has 0 heterocycles. The Morgan fingerprint density at radius 2 is 1.04 bits per heavy atom. The van der Waals surface area contributed by atoms with E-state index in [0.29, 0.717) is 24.7 Å². The molecule has 2 N–H and O–H groups in total. The first-order valence-electron chi connectivity index (χ1n) is 8.69. The average molecular weight is 344 g/mol. The smallest absolute Gasteiger partial charge is 0.124 e. The van der Waals surface area contributed by atoms with Crippen molar-refractivity contribution in [1.82, 2.24) is 0 Å². The Hall–Kier alpha value is -2.04. The number of ether oxygens (including phenoxy) is 2. The monoisotopic (exact) mass is 344 g/mol. The minimum absolute atomic E-state index is 0.327. The van der Waals surface area contributed by atoms with Crippen molar-refractivity contribution in [3.8, 4) is 11.5 Å².